The molecule has 21 heavy (non-hydrogen) atoms. The highest BCUT2D eigenvalue weighted by Crippen LogP contribution is 2.26. The highest BCUT2D eigenvalue weighted by atomic mass is 35.5. The maximum atomic E-state index is 9.75. The molecule has 2 aromatic rings. The first-order valence-electron chi connectivity index (χ1n) is 5.86. The van der Waals surface area contributed by atoms with E-state index in [2.05, 4.69) is 10.2 Å². The second kappa shape index (κ2) is 7.78. The van der Waals surface area contributed by atoms with E-state index in [1.807, 2.05) is 55.5 Å². The molecular weight excluding hydrogens is 306 g/mol. The van der Waals surface area contributed by atoms with Crippen molar-refractivity contribution in [2.75, 3.05) is 0 Å². The number of azo groups is 1. The lowest BCUT2D eigenvalue weighted by molar-refractivity contribution is 0.368. The summed E-state index contributed by atoms with van der Waals surface area (Å²) in [7, 11) is -6.00. The quantitative estimate of drug-likeness (QED) is 0.349. The predicted octanol–water partition coefficient (Wildman–Crippen LogP) is 6.36. The molecule has 0 spiro atoms. The molecule has 0 amide bonds. The SMILES string of the molecule is Cc1c(Cl)cccc1N=Nc1ccccc1.F[B-](F)(F)F. The topological polar surface area (TPSA) is 24.7 Å². The molecule has 8 heteroatoms. The van der Waals surface area contributed by atoms with Crippen molar-refractivity contribution >= 4 is 30.2 Å². The number of hydrogen-bond acceptors (Lipinski definition) is 2. The highest BCUT2D eigenvalue weighted by Gasteiger charge is 2.20. The average molecular weight is 318 g/mol. The number of hydrogen-bond donors (Lipinski definition) is 0. The van der Waals surface area contributed by atoms with Crippen molar-refractivity contribution in [3.05, 3.63) is 59.1 Å². The molecule has 0 heterocycles. The van der Waals surface area contributed by atoms with E-state index in [9.17, 15) is 17.3 Å². The van der Waals surface area contributed by atoms with Crippen molar-refractivity contribution < 1.29 is 17.3 Å². The molecule has 0 N–H and O–H groups in total. The molecule has 2 aromatic carbocycles. The lowest BCUT2D eigenvalue weighted by atomic mass is 10.2. The van der Waals surface area contributed by atoms with Gasteiger partial charge >= 0.3 is 7.25 Å². The Bertz CT molecular complexity index is 597. The Morgan fingerprint density at radius 3 is 2.00 bits per heavy atom. The van der Waals surface area contributed by atoms with E-state index >= 15 is 0 Å². The second-order valence-corrected chi connectivity index (χ2v) is 4.32. The van der Waals surface area contributed by atoms with Gasteiger partial charge in [0.05, 0.1) is 11.4 Å². The lowest BCUT2D eigenvalue weighted by Crippen LogP contribution is -2.02. The van der Waals surface area contributed by atoms with Crippen LogP contribution >= 0.6 is 11.6 Å². The zero-order chi connectivity index (χ0) is 15.9. The Morgan fingerprint density at radius 2 is 1.43 bits per heavy atom. The molecule has 0 aliphatic heterocycles. The Kier molecular flexibility index (Phi) is 6.36. The van der Waals surface area contributed by atoms with Crippen molar-refractivity contribution in [2.45, 2.75) is 6.92 Å². The van der Waals surface area contributed by atoms with E-state index in [0.717, 1.165) is 16.9 Å². The largest absolute Gasteiger partial charge is 0.673 e. The Hall–Kier alpha value is -1.89. The minimum atomic E-state index is -6.00. The molecule has 2 nitrogen and oxygen atoms in total. The Labute approximate surface area is 124 Å². The molecule has 0 aromatic heterocycles. The first-order chi connectivity index (χ1) is 9.77. The van der Waals surface area contributed by atoms with Crippen molar-refractivity contribution in [1.29, 1.82) is 0 Å². The first kappa shape index (κ1) is 17.2. The third-order valence-electron chi connectivity index (χ3n) is 2.27. The maximum Gasteiger partial charge on any atom is 0.673 e. The van der Waals surface area contributed by atoms with Gasteiger partial charge in [0.15, 0.2) is 0 Å². The zero-order valence-electron chi connectivity index (χ0n) is 11.0. The normalized spacial score (nSPS) is 11.1. The van der Waals surface area contributed by atoms with Crippen LogP contribution in [0.2, 0.25) is 5.02 Å². The van der Waals surface area contributed by atoms with Gasteiger partial charge in [0, 0.05) is 5.02 Å². The number of benzene rings is 2. The average Bonchev–Trinajstić information content (AvgIpc) is 2.40. The van der Waals surface area contributed by atoms with Gasteiger partial charge in [0.25, 0.3) is 0 Å². The van der Waals surface area contributed by atoms with Gasteiger partial charge in [0.1, 0.15) is 0 Å². The third kappa shape index (κ3) is 7.46. The predicted molar refractivity (Wildman–Crippen MR) is 77.0 cm³/mol. The fourth-order valence-corrected chi connectivity index (χ4v) is 1.48. The molecule has 0 atom stereocenters. The van der Waals surface area contributed by atoms with Crippen molar-refractivity contribution in [1.82, 2.24) is 0 Å². The smallest absolute Gasteiger partial charge is 0.418 e. The van der Waals surface area contributed by atoms with Gasteiger partial charge in [-0.05, 0) is 36.8 Å². The van der Waals surface area contributed by atoms with Crippen LogP contribution in [0, 0.1) is 6.92 Å². The lowest BCUT2D eigenvalue weighted by Gasteiger charge is -2.00. The fourth-order valence-electron chi connectivity index (χ4n) is 1.31. The highest BCUT2D eigenvalue weighted by molar-refractivity contribution is 6.50. The molecule has 0 saturated heterocycles. The minimum Gasteiger partial charge on any atom is -0.418 e. The molecule has 0 unspecified atom stereocenters. The van der Waals surface area contributed by atoms with Crippen LogP contribution in [-0.2, 0) is 0 Å². The zero-order valence-corrected chi connectivity index (χ0v) is 11.7. The van der Waals surface area contributed by atoms with Crippen LogP contribution in [0.4, 0.5) is 28.6 Å². The van der Waals surface area contributed by atoms with Gasteiger partial charge in [0.2, 0.25) is 0 Å². The summed E-state index contributed by atoms with van der Waals surface area (Å²) in [5.41, 5.74) is 2.59. The van der Waals surface area contributed by atoms with Gasteiger partial charge < -0.3 is 17.3 Å². The van der Waals surface area contributed by atoms with Crippen LogP contribution in [0.15, 0.2) is 58.8 Å². The summed E-state index contributed by atoms with van der Waals surface area (Å²) in [4.78, 5) is 0. The molecule has 2 rings (SSSR count). The summed E-state index contributed by atoms with van der Waals surface area (Å²) in [6.45, 7) is 1.93. The van der Waals surface area contributed by atoms with Crippen LogP contribution in [0.1, 0.15) is 5.56 Å². The van der Waals surface area contributed by atoms with Crippen LogP contribution in [0.5, 0.6) is 0 Å². The Morgan fingerprint density at radius 1 is 0.857 bits per heavy atom. The van der Waals surface area contributed by atoms with Gasteiger partial charge in [-0.25, -0.2) is 0 Å². The van der Waals surface area contributed by atoms with Gasteiger partial charge in [-0.15, -0.1) is 0 Å². The minimum absolute atomic E-state index is 0.713. The molecule has 0 saturated carbocycles. The van der Waals surface area contributed by atoms with E-state index in [4.69, 9.17) is 11.6 Å². The van der Waals surface area contributed by atoms with Crippen LogP contribution in [-0.4, -0.2) is 7.25 Å². The molecule has 0 aliphatic rings. The van der Waals surface area contributed by atoms with Crippen molar-refractivity contribution in [2.24, 2.45) is 10.2 Å². The monoisotopic (exact) mass is 317 g/mol. The second-order valence-electron chi connectivity index (χ2n) is 3.91. The molecule has 0 radical (unpaired) electrons. The van der Waals surface area contributed by atoms with Crippen LogP contribution < -0.4 is 0 Å². The summed E-state index contributed by atoms with van der Waals surface area (Å²) in [5.74, 6) is 0. The van der Waals surface area contributed by atoms with E-state index in [1.54, 1.807) is 0 Å². The van der Waals surface area contributed by atoms with Crippen molar-refractivity contribution in [3.8, 4) is 0 Å². The van der Waals surface area contributed by atoms with Gasteiger partial charge in [-0.3, -0.25) is 0 Å². The molecular formula is C13H11BClF4N2-. The van der Waals surface area contributed by atoms with E-state index in [1.165, 1.54) is 0 Å². The Balaban J connectivity index is 0.000000383. The summed E-state index contributed by atoms with van der Waals surface area (Å²) < 4.78 is 39.0. The number of rotatable bonds is 2. The summed E-state index contributed by atoms with van der Waals surface area (Å²) >= 11 is 5.99. The summed E-state index contributed by atoms with van der Waals surface area (Å²) in [6, 6.07) is 15.2. The number of halogens is 5. The van der Waals surface area contributed by atoms with E-state index in [-0.39, 0.29) is 0 Å². The van der Waals surface area contributed by atoms with Crippen LogP contribution in [0.25, 0.3) is 0 Å². The van der Waals surface area contributed by atoms with Crippen LogP contribution in [0.3, 0.4) is 0 Å². The molecule has 0 fully saturated rings. The molecule has 0 bridgehead atoms. The van der Waals surface area contributed by atoms with E-state index in [0.29, 0.717) is 5.02 Å². The first-order valence-corrected chi connectivity index (χ1v) is 6.24. The number of nitrogens with zero attached hydrogens (tertiary/aromatic N) is 2. The van der Waals surface area contributed by atoms with Crippen molar-refractivity contribution in [3.63, 3.8) is 0 Å². The molecule has 0 aliphatic carbocycles. The third-order valence-corrected chi connectivity index (χ3v) is 2.68. The van der Waals surface area contributed by atoms with Gasteiger partial charge in [-0.1, -0.05) is 35.9 Å². The fraction of sp³-hybridized carbons (Fsp3) is 0.0769. The standard InChI is InChI=1S/C13H11ClN2.BF4/c1-10-12(14)8-5-9-13(10)16-15-11-6-3-2-4-7-11;2-1(3,4)5/h2-9H,1H3;/q;-1. The summed E-state index contributed by atoms with van der Waals surface area (Å²) in [5, 5.41) is 9.03. The maximum absolute atomic E-state index is 9.75. The summed E-state index contributed by atoms with van der Waals surface area (Å²) in [6.07, 6.45) is 0. The van der Waals surface area contributed by atoms with E-state index < -0.39 is 7.25 Å². The van der Waals surface area contributed by atoms with Gasteiger partial charge in [-0.2, -0.15) is 10.2 Å². The molecule has 112 valence electrons.